The SMILES string of the molecule is CCC(C)(Oc1ccc(-c2ccc(Oc3ccc(C(=O)c4ccc(C(C)(C)Cl)cc4)cc3)cc2)cc1)c1ccc(C(=O)c2ccc(Cl)cc2)cc1. The van der Waals surface area contributed by atoms with Crippen LogP contribution in [0.3, 0.4) is 0 Å². The van der Waals surface area contributed by atoms with E-state index < -0.39 is 10.5 Å². The first kappa shape index (κ1) is 35.7. The molecule has 0 amide bonds. The number of halogens is 2. The average Bonchev–Trinajstić information content (AvgIpc) is 3.15. The van der Waals surface area contributed by atoms with Crippen LogP contribution in [0.1, 0.15) is 77.1 Å². The van der Waals surface area contributed by atoms with Gasteiger partial charge in [-0.3, -0.25) is 9.59 Å². The number of benzene rings is 6. The molecule has 51 heavy (non-hydrogen) atoms. The lowest BCUT2D eigenvalue weighted by Gasteiger charge is -2.30. The summed E-state index contributed by atoms with van der Waals surface area (Å²) in [5, 5.41) is 0.597. The summed E-state index contributed by atoms with van der Waals surface area (Å²) in [6.07, 6.45) is 0.737. The Bertz CT molecular complexity index is 2110. The topological polar surface area (TPSA) is 52.6 Å². The lowest BCUT2D eigenvalue weighted by Crippen LogP contribution is -2.28. The van der Waals surface area contributed by atoms with Crippen molar-refractivity contribution >= 4 is 34.8 Å². The van der Waals surface area contributed by atoms with Gasteiger partial charge in [0.2, 0.25) is 0 Å². The van der Waals surface area contributed by atoms with Gasteiger partial charge in [0.05, 0.1) is 4.87 Å². The van der Waals surface area contributed by atoms with E-state index in [1.807, 2.05) is 111 Å². The van der Waals surface area contributed by atoms with Crippen LogP contribution in [0.5, 0.6) is 17.2 Å². The summed E-state index contributed by atoms with van der Waals surface area (Å²) < 4.78 is 12.6. The number of alkyl halides is 1. The zero-order valence-corrected chi connectivity index (χ0v) is 30.5. The second-order valence-electron chi connectivity index (χ2n) is 13.2. The van der Waals surface area contributed by atoms with Gasteiger partial charge in [-0.2, -0.15) is 0 Å². The first-order valence-electron chi connectivity index (χ1n) is 16.8. The van der Waals surface area contributed by atoms with Gasteiger partial charge in [0.1, 0.15) is 22.8 Å². The van der Waals surface area contributed by atoms with Gasteiger partial charge in [0.15, 0.2) is 11.6 Å². The predicted octanol–water partition coefficient (Wildman–Crippen LogP) is 12.4. The summed E-state index contributed by atoms with van der Waals surface area (Å²) >= 11 is 12.4. The molecule has 0 heterocycles. The van der Waals surface area contributed by atoms with E-state index in [0.29, 0.717) is 38.8 Å². The van der Waals surface area contributed by atoms with Crippen molar-refractivity contribution in [1.82, 2.24) is 0 Å². The molecule has 0 aliphatic heterocycles. The molecule has 0 bridgehead atoms. The maximum Gasteiger partial charge on any atom is 0.193 e. The standard InChI is InChI=1S/C45H38Cl2O4/c1-5-45(4,37-20-8-33(9-21-37)42(48)34-10-22-38(46)23-11-34)51-41-28-14-31(15-29-41)30-12-24-39(25-13-30)50-40-26-16-35(17-27-40)43(49)32-6-18-36(19-7-32)44(2,3)47/h6-29H,5H2,1-4H3. The van der Waals surface area contributed by atoms with Crippen molar-refractivity contribution in [2.75, 3.05) is 0 Å². The lowest BCUT2D eigenvalue weighted by atomic mass is 9.91. The molecule has 6 aromatic carbocycles. The minimum atomic E-state index is -0.582. The molecular formula is C45H38Cl2O4. The molecule has 1 unspecified atom stereocenters. The summed E-state index contributed by atoms with van der Waals surface area (Å²) in [6, 6.07) is 45.0. The van der Waals surface area contributed by atoms with Crippen molar-refractivity contribution in [2.45, 2.75) is 44.6 Å². The maximum absolute atomic E-state index is 13.0. The van der Waals surface area contributed by atoms with Crippen LogP contribution in [-0.4, -0.2) is 11.6 Å². The Morgan fingerprint density at radius 2 is 0.863 bits per heavy atom. The third-order valence-electron chi connectivity index (χ3n) is 9.11. The molecule has 0 spiro atoms. The highest BCUT2D eigenvalue weighted by molar-refractivity contribution is 6.30. The molecule has 0 fully saturated rings. The number of hydrogen-bond donors (Lipinski definition) is 0. The van der Waals surface area contributed by atoms with E-state index in [4.69, 9.17) is 32.7 Å². The van der Waals surface area contributed by atoms with Crippen molar-refractivity contribution in [3.63, 3.8) is 0 Å². The molecule has 0 aliphatic carbocycles. The van der Waals surface area contributed by atoms with Crippen molar-refractivity contribution in [2.24, 2.45) is 0 Å². The van der Waals surface area contributed by atoms with E-state index in [0.717, 1.165) is 34.4 Å². The molecule has 0 saturated carbocycles. The van der Waals surface area contributed by atoms with E-state index >= 15 is 0 Å². The van der Waals surface area contributed by atoms with Gasteiger partial charge in [-0.25, -0.2) is 0 Å². The highest BCUT2D eigenvalue weighted by atomic mass is 35.5. The fourth-order valence-corrected chi connectivity index (χ4v) is 6.02. The Hall–Kier alpha value is -5.16. The van der Waals surface area contributed by atoms with Crippen LogP contribution in [0.15, 0.2) is 146 Å². The Morgan fingerprint density at radius 1 is 0.510 bits per heavy atom. The Kier molecular flexibility index (Phi) is 10.5. The lowest BCUT2D eigenvalue weighted by molar-refractivity contribution is 0.0825. The van der Waals surface area contributed by atoms with Gasteiger partial charge in [-0.1, -0.05) is 91.3 Å². The summed E-state index contributed by atoms with van der Waals surface area (Å²) in [7, 11) is 0. The Morgan fingerprint density at radius 3 is 1.27 bits per heavy atom. The van der Waals surface area contributed by atoms with Crippen LogP contribution in [0, 0.1) is 0 Å². The Balaban J connectivity index is 1.06. The quantitative estimate of drug-likeness (QED) is 0.0936. The molecule has 4 nitrogen and oxygen atoms in total. The van der Waals surface area contributed by atoms with Crippen LogP contribution in [0.4, 0.5) is 0 Å². The highest BCUT2D eigenvalue weighted by Crippen LogP contribution is 2.34. The van der Waals surface area contributed by atoms with Crippen molar-refractivity contribution in [1.29, 1.82) is 0 Å². The number of ether oxygens (including phenoxy) is 2. The summed E-state index contributed by atoms with van der Waals surface area (Å²) in [5.41, 5.74) is 5.85. The molecule has 0 radical (unpaired) electrons. The van der Waals surface area contributed by atoms with Crippen LogP contribution in [0.25, 0.3) is 11.1 Å². The molecule has 6 heteroatoms. The van der Waals surface area contributed by atoms with Gasteiger partial charge in [0.25, 0.3) is 0 Å². The van der Waals surface area contributed by atoms with E-state index in [2.05, 4.69) is 13.8 Å². The molecule has 0 N–H and O–H groups in total. The second kappa shape index (κ2) is 15.0. The average molecular weight is 714 g/mol. The Labute approximate surface area is 309 Å². The minimum Gasteiger partial charge on any atom is -0.483 e. The first-order valence-corrected chi connectivity index (χ1v) is 17.6. The number of hydrogen-bond acceptors (Lipinski definition) is 4. The summed E-state index contributed by atoms with van der Waals surface area (Å²) in [6.45, 7) is 7.99. The van der Waals surface area contributed by atoms with E-state index in [1.165, 1.54) is 0 Å². The zero-order chi connectivity index (χ0) is 36.2. The zero-order valence-electron chi connectivity index (χ0n) is 29.0. The van der Waals surface area contributed by atoms with Gasteiger partial charge >= 0.3 is 0 Å². The molecule has 256 valence electrons. The summed E-state index contributed by atoms with van der Waals surface area (Å²) in [5.74, 6) is 1.98. The van der Waals surface area contributed by atoms with Crippen molar-refractivity contribution in [3.8, 4) is 28.4 Å². The highest BCUT2D eigenvalue weighted by Gasteiger charge is 2.27. The van der Waals surface area contributed by atoms with Crippen molar-refractivity contribution < 1.29 is 19.1 Å². The molecule has 1 atom stereocenters. The smallest absolute Gasteiger partial charge is 0.193 e. The van der Waals surface area contributed by atoms with E-state index in [-0.39, 0.29) is 11.6 Å². The van der Waals surface area contributed by atoms with E-state index in [9.17, 15) is 9.59 Å². The largest absolute Gasteiger partial charge is 0.483 e. The van der Waals surface area contributed by atoms with Gasteiger partial charge in [0, 0.05) is 27.3 Å². The third-order valence-corrected chi connectivity index (χ3v) is 9.58. The molecule has 0 saturated heterocycles. The van der Waals surface area contributed by atoms with Gasteiger partial charge in [-0.05, 0) is 122 Å². The number of carbonyl (C=O) groups is 2. The van der Waals surface area contributed by atoms with Crippen LogP contribution < -0.4 is 9.47 Å². The molecular weight excluding hydrogens is 675 g/mol. The monoisotopic (exact) mass is 712 g/mol. The number of ketones is 2. The third kappa shape index (κ3) is 8.42. The normalized spacial score (nSPS) is 12.5. The summed E-state index contributed by atoms with van der Waals surface area (Å²) in [4.78, 5) is 25.4. The number of carbonyl (C=O) groups excluding carboxylic acids is 2. The predicted molar refractivity (Wildman–Crippen MR) is 207 cm³/mol. The fraction of sp³-hybridized carbons (Fsp3) is 0.156. The first-order chi connectivity index (χ1) is 24.4. The van der Waals surface area contributed by atoms with Crippen LogP contribution in [0.2, 0.25) is 5.02 Å². The maximum atomic E-state index is 13.0. The molecule has 6 aromatic rings. The second-order valence-corrected chi connectivity index (χ2v) is 14.5. The number of rotatable bonds is 12. The van der Waals surface area contributed by atoms with Crippen LogP contribution in [-0.2, 0) is 10.5 Å². The molecule has 6 rings (SSSR count). The fourth-order valence-electron chi connectivity index (χ4n) is 5.76. The van der Waals surface area contributed by atoms with Gasteiger partial charge < -0.3 is 9.47 Å². The van der Waals surface area contributed by atoms with Crippen molar-refractivity contribution in [3.05, 3.63) is 184 Å². The van der Waals surface area contributed by atoms with Crippen LogP contribution >= 0.6 is 23.2 Å². The minimum absolute atomic E-state index is 0.0509. The molecule has 0 aromatic heterocycles. The molecule has 0 aliphatic rings. The van der Waals surface area contributed by atoms with E-state index in [1.54, 1.807) is 48.5 Å². The van der Waals surface area contributed by atoms with Gasteiger partial charge in [-0.15, -0.1) is 11.6 Å².